The Morgan fingerprint density at radius 2 is 2.17 bits per heavy atom. The molecule has 0 bridgehead atoms. The normalized spacial score (nSPS) is 16.2. The summed E-state index contributed by atoms with van der Waals surface area (Å²) in [5.41, 5.74) is 3.31. The van der Waals surface area contributed by atoms with Crippen LogP contribution in [0.2, 0.25) is 0 Å². The lowest BCUT2D eigenvalue weighted by Gasteiger charge is -2.09. The van der Waals surface area contributed by atoms with Crippen LogP contribution in [-0.4, -0.2) is 44.1 Å². The molecule has 0 radical (unpaired) electrons. The van der Waals surface area contributed by atoms with Crippen LogP contribution in [0.15, 0.2) is 67.4 Å². The molecule has 0 aliphatic carbocycles. The van der Waals surface area contributed by atoms with Gasteiger partial charge in [0, 0.05) is 56.2 Å². The zero-order chi connectivity index (χ0) is 20.3. The van der Waals surface area contributed by atoms with E-state index in [1.54, 1.807) is 6.20 Å². The van der Waals surface area contributed by atoms with E-state index in [0.29, 0.717) is 12.2 Å². The average Bonchev–Trinajstić information content (AvgIpc) is 3.52. The van der Waals surface area contributed by atoms with Crippen molar-refractivity contribution in [2.24, 2.45) is 0 Å². The molecule has 1 N–H and O–H groups in total. The number of nitrogens with one attached hydrogen (secondary N) is 1. The number of carbonyl (C=O) groups is 1. The van der Waals surface area contributed by atoms with Crippen molar-refractivity contribution in [3.63, 3.8) is 0 Å². The van der Waals surface area contributed by atoms with E-state index in [9.17, 15) is 4.79 Å². The molecule has 1 aliphatic rings. The number of pyridine rings is 2. The SMILES string of the molecule is O=C(NCC1CCCO1)c1nc(-c2ccn(Cc3cccnc3)c2)n2ccccc12. The van der Waals surface area contributed by atoms with Gasteiger partial charge in [0.25, 0.3) is 5.91 Å². The maximum absolute atomic E-state index is 12.9. The zero-order valence-corrected chi connectivity index (χ0v) is 16.6. The molecule has 0 saturated carbocycles. The number of ether oxygens (including phenoxy) is 1. The molecule has 0 spiro atoms. The van der Waals surface area contributed by atoms with E-state index in [-0.39, 0.29) is 12.0 Å². The lowest BCUT2D eigenvalue weighted by molar-refractivity contribution is 0.0855. The van der Waals surface area contributed by atoms with Crippen molar-refractivity contribution in [2.45, 2.75) is 25.5 Å². The monoisotopic (exact) mass is 401 g/mol. The van der Waals surface area contributed by atoms with E-state index in [4.69, 9.17) is 9.72 Å². The van der Waals surface area contributed by atoms with Crippen LogP contribution in [0.1, 0.15) is 28.9 Å². The highest BCUT2D eigenvalue weighted by Gasteiger charge is 2.21. The standard InChI is InChI=1S/C23H23N5O2/c29-23(25-14-19-6-4-12-30-19)21-20-7-1-2-10-28(20)22(26-21)18-8-11-27(16-18)15-17-5-3-9-24-13-17/h1-3,5,7-11,13,16,19H,4,6,12,14-15H2,(H,25,29). The summed E-state index contributed by atoms with van der Waals surface area (Å²) in [4.78, 5) is 21.7. The smallest absolute Gasteiger partial charge is 0.272 e. The molecular weight excluding hydrogens is 378 g/mol. The van der Waals surface area contributed by atoms with Crippen molar-refractivity contribution in [2.75, 3.05) is 13.2 Å². The van der Waals surface area contributed by atoms with Crippen molar-refractivity contribution in [3.8, 4) is 11.4 Å². The highest BCUT2D eigenvalue weighted by molar-refractivity contribution is 6.00. The van der Waals surface area contributed by atoms with Crippen LogP contribution in [0.5, 0.6) is 0 Å². The minimum absolute atomic E-state index is 0.101. The van der Waals surface area contributed by atoms with Crippen LogP contribution in [0.25, 0.3) is 16.9 Å². The van der Waals surface area contributed by atoms with Crippen LogP contribution in [0.3, 0.4) is 0 Å². The van der Waals surface area contributed by atoms with Gasteiger partial charge >= 0.3 is 0 Å². The van der Waals surface area contributed by atoms with Crippen LogP contribution in [0.4, 0.5) is 0 Å². The lowest BCUT2D eigenvalue weighted by Crippen LogP contribution is -2.32. The number of carbonyl (C=O) groups excluding carboxylic acids is 1. The maximum Gasteiger partial charge on any atom is 0.272 e. The van der Waals surface area contributed by atoms with Crippen molar-refractivity contribution < 1.29 is 9.53 Å². The first-order valence-corrected chi connectivity index (χ1v) is 10.2. The fourth-order valence-electron chi connectivity index (χ4n) is 3.88. The van der Waals surface area contributed by atoms with E-state index in [1.165, 1.54) is 0 Å². The molecule has 30 heavy (non-hydrogen) atoms. The van der Waals surface area contributed by atoms with E-state index in [0.717, 1.165) is 48.5 Å². The topological polar surface area (TPSA) is 73.4 Å². The largest absolute Gasteiger partial charge is 0.376 e. The van der Waals surface area contributed by atoms with Gasteiger partial charge < -0.3 is 14.6 Å². The van der Waals surface area contributed by atoms with E-state index < -0.39 is 0 Å². The number of hydrogen-bond donors (Lipinski definition) is 1. The molecule has 4 aromatic heterocycles. The summed E-state index contributed by atoms with van der Waals surface area (Å²) in [5, 5.41) is 2.98. The van der Waals surface area contributed by atoms with Gasteiger partial charge in [0.1, 0.15) is 5.82 Å². The molecule has 1 unspecified atom stereocenters. The number of rotatable bonds is 6. The minimum atomic E-state index is -0.171. The number of amides is 1. The Labute approximate surface area is 174 Å². The summed E-state index contributed by atoms with van der Waals surface area (Å²) in [7, 11) is 0. The van der Waals surface area contributed by atoms with Gasteiger partial charge in [-0.25, -0.2) is 4.98 Å². The maximum atomic E-state index is 12.9. The van der Waals surface area contributed by atoms with Gasteiger partial charge in [-0.15, -0.1) is 0 Å². The number of aromatic nitrogens is 4. The molecule has 4 aromatic rings. The second-order valence-electron chi connectivity index (χ2n) is 7.52. The summed E-state index contributed by atoms with van der Waals surface area (Å²) < 4.78 is 9.66. The Morgan fingerprint density at radius 3 is 3.00 bits per heavy atom. The summed E-state index contributed by atoms with van der Waals surface area (Å²) >= 11 is 0. The fraction of sp³-hybridized carbons (Fsp3) is 0.261. The molecule has 1 aliphatic heterocycles. The highest BCUT2D eigenvalue weighted by atomic mass is 16.5. The third-order valence-electron chi connectivity index (χ3n) is 5.37. The van der Waals surface area contributed by atoms with E-state index in [2.05, 4.69) is 14.9 Å². The molecule has 0 aromatic carbocycles. The Balaban J connectivity index is 1.41. The number of nitrogens with zero attached hydrogens (tertiary/aromatic N) is 4. The predicted octanol–water partition coefficient (Wildman–Crippen LogP) is 3.15. The Bertz CT molecular complexity index is 1160. The van der Waals surface area contributed by atoms with Gasteiger partial charge in [0.15, 0.2) is 5.69 Å². The number of hydrogen-bond acceptors (Lipinski definition) is 4. The van der Waals surface area contributed by atoms with Crippen molar-refractivity contribution in [1.29, 1.82) is 0 Å². The van der Waals surface area contributed by atoms with Gasteiger partial charge in [0.2, 0.25) is 0 Å². The third-order valence-corrected chi connectivity index (χ3v) is 5.37. The van der Waals surface area contributed by atoms with Gasteiger partial charge in [-0.1, -0.05) is 12.1 Å². The summed E-state index contributed by atoms with van der Waals surface area (Å²) in [6, 6.07) is 11.8. The molecule has 1 saturated heterocycles. The first-order valence-electron chi connectivity index (χ1n) is 10.2. The highest BCUT2D eigenvalue weighted by Crippen LogP contribution is 2.24. The molecule has 7 heteroatoms. The fourth-order valence-corrected chi connectivity index (χ4v) is 3.88. The molecular formula is C23H23N5O2. The van der Waals surface area contributed by atoms with Crippen molar-refractivity contribution in [3.05, 3.63) is 78.6 Å². The van der Waals surface area contributed by atoms with E-state index in [1.807, 2.05) is 65.6 Å². The Hall–Kier alpha value is -3.45. The first-order chi connectivity index (χ1) is 14.8. The van der Waals surface area contributed by atoms with Crippen LogP contribution in [0, 0.1) is 0 Å². The van der Waals surface area contributed by atoms with Gasteiger partial charge in [0.05, 0.1) is 11.6 Å². The summed E-state index contributed by atoms with van der Waals surface area (Å²) in [5.74, 6) is 0.577. The molecule has 1 amide bonds. The molecule has 1 atom stereocenters. The number of fused-ring (bicyclic) bond motifs is 1. The zero-order valence-electron chi connectivity index (χ0n) is 16.6. The first kappa shape index (κ1) is 18.6. The summed E-state index contributed by atoms with van der Waals surface area (Å²) in [6.07, 6.45) is 11.8. The second-order valence-corrected chi connectivity index (χ2v) is 7.52. The second kappa shape index (κ2) is 8.12. The van der Waals surface area contributed by atoms with Gasteiger partial charge in [-0.2, -0.15) is 0 Å². The van der Waals surface area contributed by atoms with E-state index >= 15 is 0 Å². The summed E-state index contributed by atoms with van der Waals surface area (Å²) in [6.45, 7) is 2.02. The van der Waals surface area contributed by atoms with Gasteiger partial charge in [-0.3, -0.25) is 14.2 Å². The van der Waals surface area contributed by atoms with Crippen molar-refractivity contribution >= 4 is 11.4 Å². The molecule has 7 nitrogen and oxygen atoms in total. The predicted molar refractivity (Wildman–Crippen MR) is 113 cm³/mol. The molecule has 5 rings (SSSR count). The number of imidazole rings is 1. The lowest BCUT2D eigenvalue weighted by atomic mass is 10.2. The Kier molecular flexibility index (Phi) is 5.03. The van der Waals surface area contributed by atoms with Crippen LogP contribution < -0.4 is 5.32 Å². The van der Waals surface area contributed by atoms with Crippen molar-refractivity contribution in [1.82, 2.24) is 24.3 Å². The van der Waals surface area contributed by atoms with Crippen LogP contribution >= 0.6 is 0 Å². The third kappa shape index (κ3) is 3.71. The Morgan fingerprint density at radius 1 is 1.20 bits per heavy atom. The minimum Gasteiger partial charge on any atom is -0.376 e. The average molecular weight is 401 g/mol. The molecule has 1 fully saturated rings. The molecule has 152 valence electrons. The van der Waals surface area contributed by atoms with Crippen LogP contribution in [-0.2, 0) is 11.3 Å². The quantitative estimate of drug-likeness (QED) is 0.539. The molecule has 5 heterocycles. The van der Waals surface area contributed by atoms with Gasteiger partial charge in [-0.05, 0) is 42.7 Å².